The Bertz CT molecular complexity index is 462. The lowest BCUT2D eigenvalue weighted by Gasteiger charge is -2.32. The number of rotatable bonds is 7. The lowest BCUT2D eigenvalue weighted by molar-refractivity contribution is -0.132. The zero-order valence-corrected chi connectivity index (χ0v) is 16.0. The molecule has 1 saturated heterocycles. The van der Waals surface area contributed by atoms with Crippen LogP contribution in [0.25, 0.3) is 0 Å². The number of halogens is 2. The number of nitrogens with one attached hydrogen (secondary N) is 1. The van der Waals surface area contributed by atoms with Gasteiger partial charge < -0.3 is 10.2 Å². The molecule has 1 N–H and O–H groups in total. The molecule has 0 unspecified atom stereocenters. The SMILES string of the molecule is CNCC1CCN(C(=O)CCCSc2ccc(Cl)cc2)CC1.Cl. The van der Waals surface area contributed by atoms with Crippen molar-refractivity contribution in [1.29, 1.82) is 0 Å². The zero-order valence-electron chi connectivity index (χ0n) is 13.6. The van der Waals surface area contributed by atoms with Crippen LogP contribution >= 0.6 is 35.8 Å². The first-order chi connectivity index (χ1) is 10.7. The Kier molecular flexibility index (Phi) is 10.0. The second kappa shape index (κ2) is 11.2. The van der Waals surface area contributed by atoms with Crippen molar-refractivity contribution in [3.8, 4) is 0 Å². The molecule has 1 aliphatic rings. The van der Waals surface area contributed by atoms with Crippen LogP contribution in [0.2, 0.25) is 5.02 Å². The van der Waals surface area contributed by atoms with Crippen molar-refractivity contribution >= 4 is 41.7 Å². The van der Waals surface area contributed by atoms with E-state index < -0.39 is 0 Å². The molecule has 2 rings (SSSR count). The van der Waals surface area contributed by atoms with Crippen LogP contribution in [-0.4, -0.2) is 43.2 Å². The molecule has 0 saturated carbocycles. The summed E-state index contributed by atoms with van der Waals surface area (Å²) >= 11 is 7.65. The van der Waals surface area contributed by atoms with Crippen LogP contribution in [0.5, 0.6) is 0 Å². The molecule has 0 aliphatic carbocycles. The molecule has 1 aromatic rings. The second-order valence-corrected chi connectivity index (χ2v) is 7.39. The summed E-state index contributed by atoms with van der Waals surface area (Å²) in [6.45, 7) is 2.92. The third-order valence-electron chi connectivity index (χ3n) is 4.08. The Morgan fingerprint density at radius 2 is 1.96 bits per heavy atom. The van der Waals surface area contributed by atoms with Crippen LogP contribution < -0.4 is 5.32 Å². The van der Waals surface area contributed by atoms with Gasteiger partial charge in [0.15, 0.2) is 0 Å². The van der Waals surface area contributed by atoms with Gasteiger partial charge in [0.25, 0.3) is 0 Å². The fourth-order valence-electron chi connectivity index (χ4n) is 2.78. The molecule has 0 spiro atoms. The largest absolute Gasteiger partial charge is 0.343 e. The van der Waals surface area contributed by atoms with E-state index in [1.165, 1.54) is 4.90 Å². The fourth-order valence-corrected chi connectivity index (χ4v) is 3.76. The summed E-state index contributed by atoms with van der Waals surface area (Å²) in [5, 5.41) is 3.99. The van der Waals surface area contributed by atoms with Crippen molar-refractivity contribution in [3.05, 3.63) is 29.3 Å². The average molecular weight is 377 g/mol. The first-order valence-electron chi connectivity index (χ1n) is 8.00. The Morgan fingerprint density at radius 3 is 2.57 bits per heavy atom. The number of likely N-dealkylation sites (tertiary alicyclic amines) is 1. The molecule has 130 valence electrons. The van der Waals surface area contributed by atoms with E-state index in [2.05, 4.69) is 5.32 Å². The molecule has 1 aromatic carbocycles. The first-order valence-corrected chi connectivity index (χ1v) is 9.36. The predicted octanol–water partition coefficient (Wildman–Crippen LogP) is 4.09. The number of nitrogens with zero attached hydrogens (tertiary/aromatic N) is 1. The number of carbonyl (C=O) groups excluding carboxylic acids is 1. The molecule has 3 nitrogen and oxygen atoms in total. The Hall–Kier alpha value is -0.420. The summed E-state index contributed by atoms with van der Waals surface area (Å²) in [6, 6.07) is 7.87. The summed E-state index contributed by atoms with van der Waals surface area (Å²) in [4.78, 5) is 15.5. The van der Waals surface area contributed by atoms with E-state index in [4.69, 9.17) is 11.6 Å². The number of amides is 1. The highest BCUT2D eigenvalue weighted by Crippen LogP contribution is 2.22. The van der Waals surface area contributed by atoms with Gasteiger partial charge in [0, 0.05) is 29.4 Å². The molecule has 0 bridgehead atoms. The van der Waals surface area contributed by atoms with Crippen molar-refractivity contribution in [1.82, 2.24) is 10.2 Å². The second-order valence-electron chi connectivity index (χ2n) is 5.79. The molecule has 1 heterocycles. The maximum atomic E-state index is 12.2. The van der Waals surface area contributed by atoms with E-state index in [0.717, 1.165) is 55.6 Å². The van der Waals surface area contributed by atoms with Gasteiger partial charge in [-0.15, -0.1) is 24.2 Å². The molecule has 6 heteroatoms. The number of carbonyl (C=O) groups is 1. The van der Waals surface area contributed by atoms with Gasteiger partial charge in [0.05, 0.1) is 0 Å². The van der Waals surface area contributed by atoms with Crippen molar-refractivity contribution in [3.63, 3.8) is 0 Å². The predicted molar refractivity (Wildman–Crippen MR) is 102 cm³/mol. The highest BCUT2D eigenvalue weighted by Gasteiger charge is 2.21. The standard InChI is InChI=1S/C17H25ClN2OS.ClH/c1-19-13-14-8-10-20(11-9-14)17(21)3-2-12-22-16-6-4-15(18)5-7-16;/h4-7,14,19H,2-3,8-13H2,1H3;1H. The molecule has 1 aliphatic heterocycles. The number of piperidine rings is 1. The summed E-state index contributed by atoms with van der Waals surface area (Å²) in [7, 11) is 2.00. The molecule has 0 aromatic heterocycles. The van der Waals surface area contributed by atoms with E-state index in [0.29, 0.717) is 12.3 Å². The Balaban J connectivity index is 0.00000264. The highest BCUT2D eigenvalue weighted by atomic mass is 35.5. The molecule has 0 radical (unpaired) electrons. The van der Waals surface area contributed by atoms with Crippen molar-refractivity contribution in [2.75, 3.05) is 32.4 Å². The topological polar surface area (TPSA) is 32.3 Å². The monoisotopic (exact) mass is 376 g/mol. The number of hydrogen-bond acceptors (Lipinski definition) is 3. The zero-order chi connectivity index (χ0) is 15.8. The average Bonchev–Trinajstić information content (AvgIpc) is 2.54. The van der Waals surface area contributed by atoms with Crippen LogP contribution in [0.15, 0.2) is 29.2 Å². The number of hydrogen-bond donors (Lipinski definition) is 1. The van der Waals surface area contributed by atoms with Crippen LogP contribution in [0, 0.1) is 5.92 Å². The van der Waals surface area contributed by atoms with E-state index in [1.54, 1.807) is 11.8 Å². The van der Waals surface area contributed by atoms with Crippen LogP contribution in [0.3, 0.4) is 0 Å². The molecular weight excluding hydrogens is 351 g/mol. The van der Waals surface area contributed by atoms with Gasteiger partial charge in [-0.2, -0.15) is 0 Å². The first kappa shape index (κ1) is 20.6. The lowest BCUT2D eigenvalue weighted by atomic mass is 9.96. The molecule has 23 heavy (non-hydrogen) atoms. The third kappa shape index (κ3) is 7.34. The van der Waals surface area contributed by atoms with Gasteiger partial charge in [0.2, 0.25) is 5.91 Å². The van der Waals surface area contributed by atoms with E-state index >= 15 is 0 Å². The maximum absolute atomic E-state index is 12.2. The van der Waals surface area contributed by atoms with E-state index in [-0.39, 0.29) is 12.4 Å². The summed E-state index contributed by atoms with van der Waals surface area (Å²) in [6.07, 6.45) is 3.86. The maximum Gasteiger partial charge on any atom is 0.222 e. The number of benzene rings is 1. The molecule has 1 amide bonds. The lowest BCUT2D eigenvalue weighted by Crippen LogP contribution is -2.40. The Morgan fingerprint density at radius 1 is 1.30 bits per heavy atom. The fraction of sp³-hybridized carbons (Fsp3) is 0.588. The normalized spacial score (nSPS) is 15.3. The minimum atomic E-state index is 0. The van der Waals surface area contributed by atoms with Gasteiger partial charge in [-0.05, 0) is 68.8 Å². The molecular formula is C17H26Cl2N2OS. The van der Waals surface area contributed by atoms with Crippen LogP contribution in [-0.2, 0) is 4.79 Å². The summed E-state index contributed by atoms with van der Waals surface area (Å²) in [5.74, 6) is 2.03. The molecule has 1 fully saturated rings. The van der Waals surface area contributed by atoms with Gasteiger partial charge in [-0.25, -0.2) is 0 Å². The van der Waals surface area contributed by atoms with Gasteiger partial charge in [-0.1, -0.05) is 11.6 Å². The van der Waals surface area contributed by atoms with Crippen LogP contribution in [0.4, 0.5) is 0 Å². The van der Waals surface area contributed by atoms with Crippen molar-refractivity contribution in [2.45, 2.75) is 30.6 Å². The van der Waals surface area contributed by atoms with Gasteiger partial charge in [0.1, 0.15) is 0 Å². The summed E-state index contributed by atoms with van der Waals surface area (Å²) in [5.41, 5.74) is 0. The van der Waals surface area contributed by atoms with Crippen molar-refractivity contribution < 1.29 is 4.79 Å². The van der Waals surface area contributed by atoms with E-state index in [9.17, 15) is 4.79 Å². The minimum absolute atomic E-state index is 0. The third-order valence-corrected chi connectivity index (χ3v) is 5.43. The quantitative estimate of drug-likeness (QED) is 0.574. The van der Waals surface area contributed by atoms with E-state index in [1.807, 2.05) is 36.2 Å². The van der Waals surface area contributed by atoms with Gasteiger partial charge >= 0.3 is 0 Å². The highest BCUT2D eigenvalue weighted by molar-refractivity contribution is 7.99. The van der Waals surface area contributed by atoms with Gasteiger partial charge in [-0.3, -0.25) is 4.79 Å². The smallest absolute Gasteiger partial charge is 0.222 e. The molecule has 0 atom stereocenters. The van der Waals surface area contributed by atoms with Crippen LogP contribution in [0.1, 0.15) is 25.7 Å². The van der Waals surface area contributed by atoms with Crippen molar-refractivity contribution in [2.24, 2.45) is 5.92 Å². The minimum Gasteiger partial charge on any atom is -0.343 e. The summed E-state index contributed by atoms with van der Waals surface area (Å²) < 4.78 is 0. The number of thioether (sulfide) groups is 1. The Labute approximate surface area is 154 Å².